The molecule has 1 aromatic heterocycles. The van der Waals surface area contributed by atoms with Crippen LogP contribution in [0.5, 0.6) is 0 Å². The summed E-state index contributed by atoms with van der Waals surface area (Å²) in [5.41, 5.74) is 0.685. The number of imidazole rings is 1. The second kappa shape index (κ2) is 7.61. The molecule has 23 heavy (non-hydrogen) atoms. The summed E-state index contributed by atoms with van der Waals surface area (Å²) in [6, 6.07) is 6.27. The minimum Gasteiger partial charge on any atom is -0.376 e. The van der Waals surface area contributed by atoms with Crippen LogP contribution in [0.1, 0.15) is 12.8 Å². The summed E-state index contributed by atoms with van der Waals surface area (Å²) < 4.78 is 20.6. The quantitative estimate of drug-likeness (QED) is 0.824. The molecule has 2 aromatic rings. The van der Waals surface area contributed by atoms with Gasteiger partial charge in [-0.3, -0.25) is 9.36 Å². The first-order valence-corrected chi connectivity index (χ1v) is 8.51. The lowest BCUT2D eigenvalue weighted by Gasteiger charge is -2.11. The second-order valence-electron chi connectivity index (χ2n) is 5.29. The summed E-state index contributed by atoms with van der Waals surface area (Å²) in [6.07, 6.45) is 5.58. The number of hydrogen-bond acceptors (Lipinski definition) is 4. The van der Waals surface area contributed by atoms with Crippen molar-refractivity contribution >= 4 is 17.7 Å². The zero-order chi connectivity index (χ0) is 16.1. The highest BCUT2D eigenvalue weighted by Crippen LogP contribution is 2.20. The lowest BCUT2D eigenvalue weighted by molar-refractivity contribution is -0.119. The fourth-order valence-electron chi connectivity index (χ4n) is 2.43. The van der Waals surface area contributed by atoms with Gasteiger partial charge in [0.2, 0.25) is 5.91 Å². The monoisotopic (exact) mass is 335 g/mol. The van der Waals surface area contributed by atoms with Gasteiger partial charge in [-0.2, -0.15) is 0 Å². The Bertz CT molecular complexity index is 671. The number of hydrogen-bond donors (Lipinski definition) is 1. The van der Waals surface area contributed by atoms with E-state index in [-0.39, 0.29) is 23.6 Å². The number of ether oxygens (including phenoxy) is 1. The van der Waals surface area contributed by atoms with Crippen molar-refractivity contribution in [1.82, 2.24) is 14.9 Å². The molecule has 122 valence electrons. The Kier molecular flexibility index (Phi) is 5.30. The highest BCUT2D eigenvalue weighted by Gasteiger charge is 2.16. The highest BCUT2D eigenvalue weighted by atomic mass is 32.2. The smallest absolute Gasteiger partial charge is 0.230 e. The second-order valence-corrected chi connectivity index (χ2v) is 6.23. The van der Waals surface area contributed by atoms with Gasteiger partial charge in [-0.1, -0.05) is 17.8 Å². The Balaban J connectivity index is 1.54. The van der Waals surface area contributed by atoms with Crippen LogP contribution in [0.3, 0.4) is 0 Å². The van der Waals surface area contributed by atoms with Crippen molar-refractivity contribution < 1.29 is 13.9 Å². The van der Waals surface area contributed by atoms with Crippen molar-refractivity contribution in [2.24, 2.45) is 0 Å². The third-order valence-corrected chi connectivity index (χ3v) is 4.54. The molecule has 0 aliphatic carbocycles. The van der Waals surface area contributed by atoms with Crippen molar-refractivity contribution in [3.63, 3.8) is 0 Å². The molecule has 1 aliphatic heterocycles. The summed E-state index contributed by atoms with van der Waals surface area (Å²) in [5.74, 6) is -0.0975. The van der Waals surface area contributed by atoms with E-state index >= 15 is 0 Å². The zero-order valence-corrected chi connectivity index (χ0v) is 13.4. The molecule has 1 fully saturated rings. The number of thioether (sulfide) groups is 1. The maximum atomic E-state index is 13.3. The van der Waals surface area contributed by atoms with Gasteiger partial charge < -0.3 is 10.1 Å². The Morgan fingerprint density at radius 2 is 2.43 bits per heavy atom. The Labute approximate surface area is 138 Å². The SMILES string of the molecule is O=C(CSc1nccn1-c1cccc(F)c1)NC[C@@H]1CCCO1. The Morgan fingerprint density at radius 3 is 3.22 bits per heavy atom. The van der Waals surface area contributed by atoms with Crippen LogP contribution < -0.4 is 5.32 Å². The van der Waals surface area contributed by atoms with E-state index in [4.69, 9.17) is 4.74 Å². The zero-order valence-electron chi connectivity index (χ0n) is 12.6. The van der Waals surface area contributed by atoms with Gasteiger partial charge in [0, 0.05) is 25.5 Å². The fraction of sp³-hybridized carbons (Fsp3) is 0.375. The number of halogens is 1. The van der Waals surface area contributed by atoms with Crippen LogP contribution in [0.4, 0.5) is 4.39 Å². The Morgan fingerprint density at radius 1 is 1.52 bits per heavy atom. The normalized spacial score (nSPS) is 17.3. The van der Waals surface area contributed by atoms with Crippen LogP contribution in [0.25, 0.3) is 5.69 Å². The number of nitrogens with zero attached hydrogens (tertiary/aromatic N) is 2. The lowest BCUT2D eigenvalue weighted by atomic mass is 10.2. The number of aromatic nitrogens is 2. The molecule has 1 saturated heterocycles. The van der Waals surface area contributed by atoms with Gasteiger partial charge in [0.25, 0.3) is 0 Å². The van der Waals surface area contributed by atoms with E-state index < -0.39 is 0 Å². The summed E-state index contributed by atoms with van der Waals surface area (Å²) >= 11 is 1.32. The van der Waals surface area contributed by atoms with E-state index in [9.17, 15) is 9.18 Å². The fourth-order valence-corrected chi connectivity index (χ4v) is 3.24. The van der Waals surface area contributed by atoms with Crippen molar-refractivity contribution in [2.45, 2.75) is 24.1 Å². The summed E-state index contributed by atoms with van der Waals surface area (Å²) in [7, 11) is 0. The number of amides is 1. The molecule has 7 heteroatoms. The average molecular weight is 335 g/mol. The molecule has 1 aromatic carbocycles. The molecular weight excluding hydrogens is 317 g/mol. The summed E-state index contributed by atoms with van der Waals surface area (Å²) in [5, 5.41) is 3.53. The van der Waals surface area contributed by atoms with Crippen molar-refractivity contribution in [2.75, 3.05) is 18.9 Å². The van der Waals surface area contributed by atoms with E-state index in [2.05, 4.69) is 10.3 Å². The maximum absolute atomic E-state index is 13.3. The van der Waals surface area contributed by atoms with Crippen LogP contribution in [-0.2, 0) is 9.53 Å². The molecule has 1 amide bonds. The molecule has 3 rings (SSSR count). The van der Waals surface area contributed by atoms with Crippen LogP contribution in [-0.4, -0.2) is 40.5 Å². The molecular formula is C16H18FN3O2S. The van der Waals surface area contributed by atoms with Crippen molar-refractivity contribution in [1.29, 1.82) is 0 Å². The minimum atomic E-state index is -0.304. The molecule has 1 N–H and O–H groups in total. The van der Waals surface area contributed by atoms with Gasteiger partial charge in [-0.05, 0) is 31.0 Å². The molecule has 1 aliphatic rings. The van der Waals surface area contributed by atoms with E-state index in [0.717, 1.165) is 19.4 Å². The molecule has 0 unspecified atom stereocenters. The van der Waals surface area contributed by atoms with E-state index in [1.54, 1.807) is 29.1 Å². The van der Waals surface area contributed by atoms with Crippen molar-refractivity contribution in [3.8, 4) is 5.69 Å². The largest absolute Gasteiger partial charge is 0.376 e. The van der Waals surface area contributed by atoms with Crippen LogP contribution in [0, 0.1) is 5.82 Å². The van der Waals surface area contributed by atoms with Gasteiger partial charge in [-0.25, -0.2) is 9.37 Å². The minimum absolute atomic E-state index is 0.0562. The number of rotatable bonds is 6. The topological polar surface area (TPSA) is 56.2 Å². The van der Waals surface area contributed by atoms with Gasteiger partial charge >= 0.3 is 0 Å². The molecule has 2 heterocycles. The molecule has 0 radical (unpaired) electrons. The average Bonchev–Trinajstić information content (AvgIpc) is 3.22. The predicted molar refractivity (Wildman–Crippen MR) is 86.2 cm³/mol. The molecule has 1 atom stereocenters. The Hall–Kier alpha value is -1.86. The molecule has 0 saturated carbocycles. The van der Waals surface area contributed by atoms with Crippen LogP contribution >= 0.6 is 11.8 Å². The van der Waals surface area contributed by atoms with Crippen LogP contribution in [0.15, 0.2) is 41.8 Å². The summed E-state index contributed by atoms with van der Waals surface area (Å²) in [4.78, 5) is 16.1. The molecule has 5 nitrogen and oxygen atoms in total. The molecule has 0 bridgehead atoms. The first kappa shape index (κ1) is 16.0. The number of carbonyl (C=O) groups is 1. The molecule has 0 spiro atoms. The maximum Gasteiger partial charge on any atom is 0.230 e. The third kappa shape index (κ3) is 4.33. The highest BCUT2D eigenvalue weighted by molar-refractivity contribution is 7.99. The van der Waals surface area contributed by atoms with E-state index in [1.165, 1.54) is 23.9 Å². The number of benzene rings is 1. The summed E-state index contributed by atoms with van der Waals surface area (Å²) in [6.45, 7) is 1.33. The van der Waals surface area contributed by atoms with Crippen LogP contribution in [0.2, 0.25) is 0 Å². The van der Waals surface area contributed by atoms with Gasteiger partial charge in [0.15, 0.2) is 5.16 Å². The van der Waals surface area contributed by atoms with Gasteiger partial charge in [-0.15, -0.1) is 0 Å². The number of nitrogens with one attached hydrogen (secondary N) is 1. The third-order valence-electron chi connectivity index (χ3n) is 3.58. The first-order valence-electron chi connectivity index (χ1n) is 7.53. The van der Waals surface area contributed by atoms with E-state index in [1.807, 2.05) is 0 Å². The first-order chi connectivity index (χ1) is 11.2. The predicted octanol–water partition coefficient (Wildman–Crippen LogP) is 2.40. The number of carbonyl (C=O) groups excluding carboxylic acids is 1. The van der Waals surface area contributed by atoms with Gasteiger partial charge in [0.1, 0.15) is 5.82 Å². The standard InChI is InChI=1S/C16H18FN3O2S/c17-12-3-1-4-13(9-12)20-7-6-18-16(20)23-11-15(21)19-10-14-5-2-8-22-14/h1,3-4,6-7,9,14H,2,5,8,10-11H2,(H,19,21)/t14-/m0/s1. The van der Waals surface area contributed by atoms with E-state index in [0.29, 0.717) is 17.4 Å². The van der Waals surface area contributed by atoms with Gasteiger partial charge in [0.05, 0.1) is 17.5 Å². The lowest BCUT2D eigenvalue weighted by Crippen LogP contribution is -2.32. The van der Waals surface area contributed by atoms with Crippen molar-refractivity contribution in [3.05, 3.63) is 42.5 Å².